The van der Waals surface area contributed by atoms with E-state index >= 15 is 0 Å². The summed E-state index contributed by atoms with van der Waals surface area (Å²) in [4.78, 5) is 14.2. The SMILES string of the molecule is CCC(N)CC(=O)NCC(c1ccco1)N1CCCC1. The molecule has 0 saturated carbocycles. The molecule has 1 fully saturated rings. The van der Waals surface area contributed by atoms with Crippen molar-refractivity contribution in [2.24, 2.45) is 5.73 Å². The number of furan rings is 1. The Labute approximate surface area is 120 Å². The van der Waals surface area contributed by atoms with Gasteiger partial charge in [0, 0.05) is 19.0 Å². The van der Waals surface area contributed by atoms with Gasteiger partial charge in [0.1, 0.15) is 5.76 Å². The summed E-state index contributed by atoms with van der Waals surface area (Å²) < 4.78 is 5.52. The highest BCUT2D eigenvalue weighted by atomic mass is 16.3. The maximum atomic E-state index is 11.9. The molecule has 1 aliphatic rings. The van der Waals surface area contributed by atoms with Crippen molar-refractivity contribution in [3.8, 4) is 0 Å². The number of rotatable bonds is 7. The van der Waals surface area contributed by atoms with E-state index in [1.807, 2.05) is 19.1 Å². The molecule has 5 nitrogen and oxygen atoms in total. The molecule has 2 atom stereocenters. The Morgan fingerprint density at radius 3 is 2.85 bits per heavy atom. The highest BCUT2D eigenvalue weighted by Gasteiger charge is 2.25. The maximum Gasteiger partial charge on any atom is 0.221 e. The first-order valence-electron chi connectivity index (χ1n) is 7.50. The number of likely N-dealkylation sites (tertiary alicyclic amines) is 1. The quantitative estimate of drug-likeness (QED) is 0.796. The molecule has 2 heterocycles. The Hall–Kier alpha value is -1.33. The highest BCUT2D eigenvalue weighted by molar-refractivity contribution is 5.76. The summed E-state index contributed by atoms with van der Waals surface area (Å²) in [6.45, 7) is 4.71. The molecular formula is C15H25N3O2. The lowest BCUT2D eigenvalue weighted by Gasteiger charge is -2.26. The largest absolute Gasteiger partial charge is 0.468 e. The standard InChI is InChI=1S/C15H25N3O2/c1-2-12(16)10-15(19)17-11-13(14-6-5-9-20-14)18-7-3-4-8-18/h5-6,9,12-13H,2-4,7-8,10-11,16H2,1H3,(H,17,19). The fourth-order valence-corrected chi connectivity index (χ4v) is 2.61. The number of amides is 1. The normalized spacial score (nSPS) is 18.9. The first-order chi connectivity index (χ1) is 9.70. The van der Waals surface area contributed by atoms with Crippen LogP contribution in [0.4, 0.5) is 0 Å². The average molecular weight is 279 g/mol. The molecule has 5 heteroatoms. The Kier molecular flexibility index (Phi) is 5.61. The van der Waals surface area contributed by atoms with Gasteiger partial charge in [0.2, 0.25) is 5.91 Å². The Bertz CT molecular complexity index is 399. The van der Waals surface area contributed by atoms with Crippen LogP contribution < -0.4 is 11.1 Å². The van der Waals surface area contributed by atoms with Gasteiger partial charge in [-0.15, -0.1) is 0 Å². The van der Waals surface area contributed by atoms with Crippen molar-refractivity contribution >= 4 is 5.91 Å². The first-order valence-corrected chi connectivity index (χ1v) is 7.50. The number of nitrogens with zero attached hydrogens (tertiary/aromatic N) is 1. The Balaban J connectivity index is 1.89. The lowest BCUT2D eigenvalue weighted by atomic mass is 10.1. The molecule has 1 aromatic heterocycles. The van der Waals surface area contributed by atoms with Crippen molar-refractivity contribution in [1.29, 1.82) is 0 Å². The Morgan fingerprint density at radius 1 is 1.50 bits per heavy atom. The van der Waals surface area contributed by atoms with Crippen molar-refractivity contribution in [3.63, 3.8) is 0 Å². The second-order valence-corrected chi connectivity index (χ2v) is 5.45. The molecule has 112 valence electrons. The van der Waals surface area contributed by atoms with E-state index in [0.29, 0.717) is 13.0 Å². The molecular weight excluding hydrogens is 254 g/mol. The molecule has 0 bridgehead atoms. The van der Waals surface area contributed by atoms with Crippen LogP contribution in [-0.4, -0.2) is 36.5 Å². The van der Waals surface area contributed by atoms with Gasteiger partial charge in [0.15, 0.2) is 0 Å². The van der Waals surface area contributed by atoms with E-state index in [4.69, 9.17) is 10.2 Å². The van der Waals surface area contributed by atoms with Gasteiger partial charge < -0.3 is 15.5 Å². The van der Waals surface area contributed by atoms with Gasteiger partial charge in [-0.25, -0.2) is 0 Å². The van der Waals surface area contributed by atoms with Gasteiger partial charge in [-0.2, -0.15) is 0 Å². The number of carbonyl (C=O) groups excluding carboxylic acids is 1. The van der Waals surface area contributed by atoms with E-state index in [-0.39, 0.29) is 18.0 Å². The van der Waals surface area contributed by atoms with Crippen LogP contribution in [0.15, 0.2) is 22.8 Å². The summed E-state index contributed by atoms with van der Waals surface area (Å²) in [5.74, 6) is 0.946. The molecule has 1 aliphatic heterocycles. The molecule has 3 N–H and O–H groups in total. The lowest BCUT2D eigenvalue weighted by molar-refractivity contribution is -0.121. The molecule has 1 aromatic rings. The van der Waals surface area contributed by atoms with Gasteiger partial charge in [-0.3, -0.25) is 9.69 Å². The smallest absolute Gasteiger partial charge is 0.221 e. The minimum Gasteiger partial charge on any atom is -0.468 e. The molecule has 0 spiro atoms. The minimum absolute atomic E-state index is 0.0232. The van der Waals surface area contributed by atoms with E-state index in [1.165, 1.54) is 12.8 Å². The highest BCUT2D eigenvalue weighted by Crippen LogP contribution is 2.24. The van der Waals surface area contributed by atoms with Gasteiger partial charge in [-0.05, 0) is 44.5 Å². The lowest BCUT2D eigenvalue weighted by Crippen LogP contribution is -2.38. The summed E-state index contributed by atoms with van der Waals surface area (Å²) >= 11 is 0. The molecule has 1 amide bonds. The molecule has 20 heavy (non-hydrogen) atoms. The predicted molar refractivity (Wildman–Crippen MR) is 78.1 cm³/mol. The van der Waals surface area contributed by atoms with Crippen LogP contribution in [0, 0.1) is 0 Å². The van der Waals surface area contributed by atoms with Crippen molar-refractivity contribution in [3.05, 3.63) is 24.2 Å². The molecule has 2 unspecified atom stereocenters. The zero-order chi connectivity index (χ0) is 14.4. The minimum atomic E-state index is -0.0520. The third-order valence-corrected chi connectivity index (χ3v) is 3.92. The van der Waals surface area contributed by atoms with Crippen LogP contribution in [0.5, 0.6) is 0 Å². The third kappa shape index (κ3) is 4.08. The van der Waals surface area contributed by atoms with Gasteiger partial charge in [-0.1, -0.05) is 6.92 Å². The van der Waals surface area contributed by atoms with E-state index in [9.17, 15) is 4.79 Å². The number of nitrogens with one attached hydrogen (secondary N) is 1. The molecule has 1 saturated heterocycles. The summed E-state index contributed by atoms with van der Waals surface area (Å²) in [5.41, 5.74) is 5.81. The molecule has 0 aliphatic carbocycles. The van der Waals surface area contributed by atoms with E-state index in [2.05, 4.69) is 10.2 Å². The molecule has 0 aromatic carbocycles. The van der Waals surface area contributed by atoms with E-state index < -0.39 is 0 Å². The maximum absolute atomic E-state index is 11.9. The molecule has 2 rings (SSSR count). The van der Waals surface area contributed by atoms with Crippen LogP contribution in [0.1, 0.15) is 44.4 Å². The van der Waals surface area contributed by atoms with Crippen LogP contribution in [0.2, 0.25) is 0 Å². The predicted octanol–water partition coefficient (Wildman–Crippen LogP) is 1.66. The Morgan fingerprint density at radius 2 is 2.25 bits per heavy atom. The van der Waals surface area contributed by atoms with Crippen molar-refractivity contribution in [1.82, 2.24) is 10.2 Å². The number of hydrogen-bond acceptors (Lipinski definition) is 4. The van der Waals surface area contributed by atoms with Gasteiger partial charge in [0.05, 0.1) is 12.3 Å². The number of nitrogens with two attached hydrogens (primary N) is 1. The van der Waals surface area contributed by atoms with Crippen LogP contribution in [0.25, 0.3) is 0 Å². The summed E-state index contributed by atoms with van der Waals surface area (Å²) in [6.07, 6.45) is 5.33. The van der Waals surface area contributed by atoms with E-state index in [1.54, 1.807) is 6.26 Å². The summed E-state index contributed by atoms with van der Waals surface area (Å²) in [5, 5.41) is 2.99. The van der Waals surface area contributed by atoms with Crippen LogP contribution in [-0.2, 0) is 4.79 Å². The van der Waals surface area contributed by atoms with Crippen molar-refractivity contribution in [2.75, 3.05) is 19.6 Å². The van der Waals surface area contributed by atoms with Crippen LogP contribution in [0.3, 0.4) is 0 Å². The van der Waals surface area contributed by atoms with E-state index in [0.717, 1.165) is 25.3 Å². The second-order valence-electron chi connectivity index (χ2n) is 5.45. The topological polar surface area (TPSA) is 71.5 Å². The first kappa shape index (κ1) is 15.1. The summed E-state index contributed by atoms with van der Waals surface area (Å²) in [7, 11) is 0. The zero-order valence-corrected chi connectivity index (χ0v) is 12.2. The average Bonchev–Trinajstić information content (AvgIpc) is 3.11. The summed E-state index contributed by atoms with van der Waals surface area (Å²) in [6, 6.07) is 3.96. The van der Waals surface area contributed by atoms with Gasteiger partial charge in [0.25, 0.3) is 0 Å². The fourth-order valence-electron chi connectivity index (χ4n) is 2.61. The van der Waals surface area contributed by atoms with Crippen LogP contribution >= 0.6 is 0 Å². The van der Waals surface area contributed by atoms with Crippen molar-refractivity contribution in [2.45, 2.75) is 44.7 Å². The fraction of sp³-hybridized carbons (Fsp3) is 0.667. The second kappa shape index (κ2) is 7.45. The van der Waals surface area contributed by atoms with Crippen molar-refractivity contribution < 1.29 is 9.21 Å². The monoisotopic (exact) mass is 279 g/mol. The number of hydrogen-bond donors (Lipinski definition) is 2. The number of carbonyl (C=O) groups is 1. The molecule has 0 radical (unpaired) electrons. The third-order valence-electron chi connectivity index (χ3n) is 3.92. The van der Waals surface area contributed by atoms with Gasteiger partial charge >= 0.3 is 0 Å². The zero-order valence-electron chi connectivity index (χ0n) is 12.2.